The van der Waals surface area contributed by atoms with Crippen molar-refractivity contribution in [2.75, 3.05) is 32.8 Å². The van der Waals surface area contributed by atoms with Crippen LogP contribution in [0.15, 0.2) is 29.9 Å². The molecule has 1 saturated heterocycles. The summed E-state index contributed by atoms with van der Waals surface area (Å²) in [5.74, 6) is -0.338. The Balaban J connectivity index is 1.54. The fraction of sp³-hybridized carbons (Fsp3) is 0.471. The van der Waals surface area contributed by atoms with Gasteiger partial charge < -0.3 is 9.64 Å². The summed E-state index contributed by atoms with van der Waals surface area (Å²) in [7, 11) is 0. The van der Waals surface area contributed by atoms with Crippen LogP contribution in [0, 0.1) is 0 Å². The Morgan fingerprint density at radius 2 is 2.04 bits per heavy atom. The molecule has 10 heteroatoms. The highest BCUT2D eigenvalue weighted by molar-refractivity contribution is 7.09. The first-order valence-corrected chi connectivity index (χ1v) is 9.34. The topological polar surface area (TPSA) is 58.6 Å². The van der Waals surface area contributed by atoms with Crippen LogP contribution in [0.2, 0.25) is 0 Å². The predicted molar refractivity (Wildman–Crippen MR) is 93.7 cm³/mol. The lowest BCUT2D eigenvalue weighted by Crippen LogP contribution is -2.35. The van der Waals surface area contributed by atoms with Gasteiger partial charge in [0.25, 0.3) is 5.91 Å². The fourth-order valence-corrected chi connectivity index (χ4v) is 3.44. The SMILES string of the molecule is O=C(c1ccc(OCC(F)(F)F)nc1)N1CCCN(Cc2nccs2)CC1. The summed E-state index contributed by atoms with van der Waals surface area (Å²) in [4.78, 5) is 24.7. The highest BCUT2D eigenvalue weighted by Crippen LogP contribution is 2.18. The lowest BCUT2D eigenvalue weighted by Gasteiger charge is -2.21. The fourth-order valence-electron chi connectivity index (χ4n) is 2.78. The lowest BCUT2D eigenvalue weighted by atomic mass is 10.2. The number of alkyl halides is 3. The highest BCUT2D eigenvalue weighted by Gasteiger charge is 2.28. The van der Waals surface area contributed by atoms with Crippen LogP contribution in [-0.4, -0.2) is 64.6 Å². The monoisotopic (exact) mass is 400 g/mol. The molecular formula is C17H19F3N4O2S. The van der Waals surface area contributed by atoms with Crippen molar-refractivity contribution in [3.05, 3.63) is 40.5 Å². The number of hydrogen-bond acceptors (Lipinski definition) is 6. The number of carbonyl (C=O) groups excluding carboxylic acids is 1. The first-order chi connectivity index (χ1) is 12.9. The van der Waals surface area contributed by atoms with Crippen molar-refractivity contribution < 1.29 is 22.7 Å². The van der Waals surface area contributed by atoms with Gasteiger partial charge in [0, 0.05) is 50.0 Å². The number of amides is 1. The number of thiazole rings is 1. The van der Waals surface area contributed by atoms with Crippen molar-refractivity contribution in [3.8, 4) is 5.88 Å². The Morgan fingerprint density at radius 1 is 1.19 bits per heavy atom. The quantitative estimate of drug-likeness (QED) is 0.773. The lowest BCUT2D eigenvalue weighted by molar-refractivity contribution is -0.154. The molecule has 1 aliphatic rings. The van der Waals surface area contributed by atoms with E-state index in [1.165, 1.54) is 18.3 Å². The Bertz CT molecular complexity index is 738. The second-order valence-corrected chi connectivity index (χ2v) is 7.12. The summed E-state index contributed by atoms with van der Waals surface area (Å²) in [5.41, 5.74) is 0.336. The molecule has 2 aromatic heterocycles. The third kappa shape index (κ3) is 5.90. The third-order valence-corrected chi connectivity index (χ3v) is 4.85. The summed E-state index contributed by atoms with van der Waals surface area (Å²) in [6.45, 7) is 2.19. The zero-order valence-electron chi connectivity index (χ0n) is 14.5. The molecule has 146 valence electrons. The molecule has 0 saturated carbocycles. The molecule has 0 aliphatic carbocycles. The van der Waals surface area contributed by atoms with E-state index < -0.39 is 12.8 Å². The van der Waals surface area contributed by atoms with Gasteiger partial charge in [-0.1, -0.05) is 0 Å². The molecule has 2 aromatic rings. The van der Waals surface area contributed by atoms with Gasteiger partial charge >= 0.3 is 6.18 Å². The molecule has 0 bridgehead atoms. The molecule has 1 aliphatic heterocycles. The molecule has 0 spiro atoms. The number of halogens is 3. The van der Waals surface area contributed by atoms with Gasteiger partial charge in [-0.2, -0.15) is 13.2 Å². The van der Waals surface area contributed by atoms with Gasteiger partial charge in [0.1, 0.15) is 5.01 Å². The number of rotatable bonds is 5. The van der Waals surface area contributed by atoms with Gasteiger partial charge in [-0.25, -0.2) is 9.97 Å². The molecule has 6 nitrogen and oxygen atoms in total. The number of carbonyl (C=O) groups is 1. The Morgan fingerprint density at radius 3 is 2.70 bits per heavy atom. The van der Waals surface area contributed by atoms with Gasteiger partial charge in [-0.15, -0.1) is 11.3 Å². The zero-order chi connectivity index (χ0) is 19.3. The van der Waals surface area contributed by atoms with E-state index in [0.717, 1.165) is 31.1 Å². The van der Waals surface area contributed by atoms with Crippen LogP contribution in [-0.2, 0) is 6.54 Å². The summed E-state index contributed by atoms with van der Waals surface area (Å²) in [6, 6.07) is 2.73. The Hall–Kier alpha value is -2.20. The molecule has 1 amide bonds. The minimum atomic E-state index is -4.42. The predicted octanol–water partition coefficient (Wildman–Crippen LogP) is 2.83. The Kier molecular flexibility index (Phi) is 6.27. The minimum Gasteiger partial charge on any atom is -0.468 e. The van der Waals surface area contributed by atoms with Crippen LogP contribution in [0.25, 0.3) is 0 Å². The normalized spacial score (nSPS) is 16.2. The van der Waals surface area contributed by atoms with Crippen molar-refractivity contribution in [1.82, 2.24) is 19.8 Å². The minimum absolute atomic E-state index is 0.158. The maximum Gasteiger partial charge on any atom is 0.422 e. The van der Waals surface area contributed by atoms with Crippen molar-refractivity contribution in [2.45, 2.75) is 19.1 Å². The average molecular weight is 400 g/mol. The van der Waals surface area contributed by atoms with Crippen LogP contribution in [0.3, 0.4) is 0 Å². The van der Waals surface area contributed by atoms with Crippen molar-refractivity contribution >= 4 is 17.2 Å². The maximum absolute atomic E-state index is 12.6. The summed E-state index contributed by atoms with van der Waals surface area (Å²) in [6.07, 6.45) is -0.543. The van der Waals surface area contributed by atoms with E-state index in [9.17, 15) is 18.0 Å². The van der Waals surface area contributed by atoms with E-state index >= 15 is 0 Å². The van der Waals surface area contributed by atoms with Crippen LogP contribution in [0.4, 0.5) is 13.2 Å². The van der Waals surface area contributed by atoms with Crippen LogP contribution in [0.1, 0.15) is 21.8 Å². The van der Waals surface area contributed by atoms with E-state index in [1.807, 2.05) is 5.38 Å². The molecule has 3 heterocycles. The van der Waals surface area contributed by atoms with Crippen LogP contribution < -0.4 is 4.74 Å². The van der Waals surface area contributed by atoms with Gasteiger partial charge in [0.15, 0.2) is 6.61 Å². The highest BCUT2D eigenvalue weighted by atomic mass is 32.1. The standard InChI is InChI=1S/C17H19F3N4O2S/c18-17(19,20)12-26-14-3-2-13(10-22-14)16(25)24-6-1-5-23(7-8-24)11-15-21-4-9-27-15/h2-4,9-10H,1,5-8,11-12H2. The number of pyridine rings is 1. The number of nitrogens with zero attached hydrogens (tertiary/aromatic N) is 4. The molecule has 27 heavy (non-hydrogen) atoms. The summed E-state index contributed by atoms with van der Waals surface area (Å²) in [5, 5.41) is 2.99. The Labute approximate surface area is 158 Å². The smallest absolute Gasteiger partial charge is 0.422 e. The van der Waals surface area contributed by atoms with Crippen molar-refractivity contribution in [1.29, 1.82) is 0 Å². The molecule has 0 unspecified atom stereocenters. The van der Waals surface area contributed by atoms with Gasteiger partial charge in [0.2, 0.25) is 5.88 Å². The largest absolute Gasteiger partial charge is 0.468 e. The van der Waals surface area contributed by atoms with Crippen molar-refractivity contribution in [3.63, 3.8) is 0 Å². The first-order valence-electron chi connectivity index (χ1n) is 8.46. The number of hydrogen-bond donors (Lipinski definition) is 0. The summed E-state index contributed by atoms with van der Waals surface area (Å²) < 4.78 is 41.0. The number of aromatic nitrogens is 2. The molecular weight excluding hydrogens is 381 g/mol. The third-order valence-electron chi connectivity index (χ3n) is 4.09. The molecule has 1 fully saturated rings. The second kappa shape index (κ2) is 8.66. The van der Waals surface area contributed by atoms with E-state index in [1.54, 1.807) is 22.4 Å². The average Bonchev–Trinajstić information content (AvgIpc) is 3.03. The molecule has 0 N–H and O–H groups in total. The van der Waals surface area contributed by atoms with Gasteiger partial charge in [-0.3, -0.25) is 9.69 Å². The maximum atomic E-state index is 12.6. The second-order valence-electron chi connectivity index (χ2n) is 6.14. The van der Waals surface area contributed by atoms with E-state index in [-0.39, 0.29) is 11.8 Å². The first kappa shape index (κ1) is 19.6. The zero-order valence-corrected chi connectivity index (χ0v) is 15.3. The molecule has 3 rings (SSSR count). The van der Waals surface area contributed by atoms with E-state index in [2.05, 4.69) is 19.6 Å². The molecule has 0 atom stereocenters. The summed E-state index contributed by atoms with van der Waals surface area (Å²) >= 11 is 1.61. The van der Waals surface area contributed by atoms with Crippen molar-refractivity contribution in [2.24, 2.45) is 0 Å². The molecule has 0 aromatic carbocycles. The van der Waals surface area contributed by atoms with E-state index in [4.69, 9.17) is 0 Å². The van der Waals surface area contributed by atoms with E-state index in [0.29, 0.717) is 18.7 Å². The van der Waals surface area contributed by atoms with Gasteiger partial charge in [-0.05, 0) is 12.5 Å². The van der Waals surface area contributed by atoms with Gasteiger partial charge in [0.05, 0.1) is 12.1 Å². The molecule has 0 radical (unpaired) electrons. The van der Waals surface area contributed by atoms with Crippen LogP contribution >= 0.6 is 11.3 Å². The van der Waals surface area contributed by atoms with Crippen LogP contribution in [0.5, 0.6) is 5.88 Å². The number of ether oxygens (including phenoxy) is 1.